The van der Waals surface area contributed by atoms with Crippen molar-refractivity contribution < 1.29 is 4.79 Å². The van der Waals surface area contributed by atoms with Crippen LogP contribution >= 0.6 is 35.0 Å². The van der Waals surface area contributed by atoms with E-state index in [4.69, 9.17) is 23.2 Å². The Morgan fingerprint density at radius 3 is 2.69 bits per heavy atom. The molecule has 0 saturated heterocycles. The SMILES string of the molecule is Cc1ccccc1-n1c(SCC(=O)NC(C)(C#N)C2CC2)nnc1-c1ccc(Cl)cc1Cl. The van der Waals surface area contributed by atoms with Crippen molar-refractivity contribution in [2.24, 2.45) is 5.92 Å². The number of thioether (sulfide) groups is 1. The van der Waals surface area contributed by atoms with Crippen molar-refractivity contribution in [1.29, 1.82) is 5.26 Å². The number of nitrogens with zero attached hydrogens (tertiary/aromatic N) is 4. The molecule has 1 amide bonds. The summed E-state index contributed by atoms with van der Waals surface area (Å²) in [5.41, 5.74) is 1.77. The van der Waals surface area contributed by atoms with Gasteiger partial charge >= 0.3 is 0 Å². The Morgan fingerprint density at radius 2 is 2.03 bits per heavy atom. The van der Waals surface area contributed by atoms with Gasteiger partial charge in [0.25, 0.3) is 0 Å². The van der Waals surface area contributed by atoms with Crippen LogP contribution in [-0.2, 0) is 4.79 Å². The van der Waals surface area contributed by atoms with Crippen molar-refractivity contribution in [3.8, 4) is 23.1 Å². The van der Waals surface area contributed by atoms with Gasteiger partial charge in [-0.05, 0) is 62.4 Å². The van der Waals surface area contributed by atoms with Gasteiger partial charge in [-0.1, -0.05) is 53.2 Å². The highest BCUT2D eigenvalue weighted by Crippen LogP contribution is 2.39. The summed E-state index contributed by atoms with van der Waals surface area (Å²) in [6.07, 6.45) is 1.93. The van der Waals surface area contributed by atoms with Crippen LogP contribution < -0.4 is 5.32 Å². The summed E-state index contributed by atoms with van der Waals surface area (Å²) in [4.78, 5) is 12.6. The minimum atomic E-state index is -0.830. The van der Waals surface area contributed by atoms with E-state index in [9.17, 15) is 10.1 Å². The molecule has 2 aromatic carbocycles. The fourth-order valence-corrected chi connectivity index (χ4v) is 4.82. The van der Waals surface area contributed by atoms with Gasteiger partial charge in [0, 0.05) is 10.6 Å². The third-order valence-corrected chi connectivity index (χ3v) is 7.00. The number of carbonyl (C=O) groups excluding carboxylic acids is 1. The lowest BCUT2D eigenvalue weighted by molar-refractivity contribution is -0.119. The lowest BCUT2D eigenvalue weighted by Crippen LogP contribution is -2.47. The van der Waals surface area contributed by atoms with Crippen molar-refractivity contribution in [3.05, 3.63) is 58.1 Å². The molecule has 9 heteroatoms. The predicted octanol–water partition coefficient (Wildman–Crippen LogP) is 5.45. The molecular weight excluding hydrogens is 465 g/mol. The van der Waals surface area contributed by atoms with Crippen LogP contribution in [0, 0.1) is 24.2 Å². The average molecular weight is 486 g/mol. The molecule has 0 aliphatic heterocycles. The summed E-state index contributed by atoms with van der Waals surface area (Å²) < 4.78 is 1.90. The van der Waals surface area contributed by atoms with E-state index < -0.39 is 5.54 Å². The van der Waals surface area contributed by atoms with Gasteiger partial charge in [0.15, 0.2) is 11.0 Å². The Bertz CT molecular complexity index is 1220. The van der Waals surface area contributed by atoms with E-state index in [-0.39, 0.29) is 17.6 Å². The zero-order valence-electron chi connectivity index (χ0n) is 17.6. The molecule has 1 unspecified atom stereocenters. The number of carbonyl (C=O) groups is 1. The van der Waals surface area contributed by atoms with Gasteiger partial charge in [-0.3, -0.25) is 9.36 Å². The van der Waals surface area contributed by atoms with Crippen LogP contribution in [-0.4, -0.2) is 32.0 Å². The lowest BCUT2D eigenvalue weighted by Gasteiger charge is -2.22. The van der Waals surface area contributed by atoms with Gasteiger partial charge in [-0.2, -0.15) is 5.26 Å². The first kappa shape index (κ1) is 22.7. The van der Waals surface area contributed by atoms with Gasteiger partial charge in [-0.15, -0.1) is 10.2 Å². The summed E-state index contributed by atoms with van der Waals surface area (Å²) in [5.74, 6) is 0.679. The van der Waals surface area contributed by atoms with E-state index in [2.05, 4.69) is 21.6 Å². The number of amides is 1. The van der Waals surface area contributed by atoms with Crippen LogP contribution in [0.1, 0.15) is 25.3 Å². The standard InChI is InChI=1S/C23H21Cl2N5OS/c1-14-5-3-4-6-19(14)30-21(17-10-9-16(24)11-18(17)25)28-29-22(30)32-12-20(31)27-23(2,13-26)15-7-8-15/h3-6,9-11,15H,7-8,12H2,1-2H3,(H,27,31). The molecule has 32 heavy (non-hydrogen) atoms. The highest BCUT2D eigenvalue weighted by Gasteiger charge is 2.43. The third-order valence-electron chi connectivity index (χ3n) is 5.52. The molecule has 6 nitrogen and oxygen atoms in total. The molecule has 1 aliphatic carbocycles. The molecule has 1 N–H and O–H groups in total. The molecule has 0 bridgehead atoms. The fourth-order valence-electron chi connectivity index (χ4n) is 3.58. The van der Waals surface area contributed by atoms with Crippen molar-refractivity contribution >= 4 is 40.9 Å². The number of para-hydroxylation sites is 1. The summed E-state index contributed by atoms with van der Waals surface area (Å²) in [7, 11) is 0. The van der Waals surface area contributed by atoms with Crippen molar-refractivity contribution in [1.82, 2.24) is 20.1 Å². The Labute approximate surface area is 200 Å². The van der Waals surface area contributed by atoms with E-state index in [0.29, 0.717) is 26.6 Å². The Balaban J connectivity index is 1.65. The second-order valence-electron chi connectivity index (χ2n) is 7.98. The normalized spacial score (nSPS) is 15.1. The minimum absolute atomic E-state index is 0.113. The molecule has 3 aromatic rings. The van der Waals surface area contributed by atoms with Crippen LogP contribution in [0.4, 0.5) is 0 Å². The first-order valence-corrected chi connectivity index (χ1v) is 11.9. The van der Waals surface area contributed by atoms with Crippen molar-refractivity contribution in [3.63, 3.8) is 0 Å². The maximum atomic E-state index is 12.6. The molecule has 1 atom stereocenters. The number of nitriles is 1. The summed E-state index contributed by atoms with van der Waals surface area (Å²) in [6, 6.07) is 15.3. The van der Waals surface area contributed by atoms with Crippen molar-refractivity contribution in [2.45, 2.75) is 37.4 Å². The van der Waals surface area contributed by atoms with Crippen LogP contribution in [0.5, 0.6) is 0 Å². The number of hydrogen-bond donors (Lipinski definition) is 1. The third kappa shape index (κ3) is 4.63. The Kier molecular flexibility index (Phi) is 6.47. The van der Waals surface area contributed by atoms with E-state index >= 15 is 0 Å². The quantitative estimate of drug-likeness (QED) is 0.449. The number of nitrogens with one attached hydrogen (secondary N) is 1. The van der Waals surface area contributed by atoms with Gasteiger partial charge < -0.3 is 5.32 Å². The van der Waals surface area contributed by atoms with E-state index in [1.807, 2.05) is 35.8 Å². The molecule has 164 valence electrons. The van der Waals surface area contributed by atoms with Gasteiger partial charge in [0.05, 0.1) is 22.5 Å². The molecule has 0 radical (unpaired) electrons. The number of benzene rings is 2. The fraction of sp³-hybridized carbons (Fsp3) is 0.304. The first-order valence-electron chi connectivity index (χ1n) is 10.1. The zero-order chi connectivity index (χ0) is 22.9. The zero-order valence-corrected chi connectivity index (χ0v) is 19.9. The van der Waals surface area contributed by atoms with Gasteiger partial charge in [0.2, 0.25) is 5.91 Å². The number of hydrogen-bond acceptors (Lipinski definition) is 5. The molecule has 1 heterocycles. The van der Waals surface area contributed by atoms with Crippen LogP contribution in [0.2, 0.25) is 10.0 Å². The maximum Gasteiger partial charge on any atom is 0.231 e. The molecular formula is C23H21Cl2N5OS. The summed E-state index contributed by atoms with van der Waals surface area (Å²) in [5, 5.41) is 22.7. The lowest BCUT2D eigenvalue weighted by atomic mass is 9.98. The molecule has 0 spiro atoms. The Hall–Kier alpha value is -2.53. The smallest absolute Gasteiger partial charge is 0.231 e. The summed E-state index contributed by atoms with van der Waals surface area (Å²) in [6.45, 7) is 3.78. The molecule has 1 aliphatic rings. The largest absolute Gasteiger partial charge is 0.337 e. The van der Waals surface area contributed by atoms with Gasteiger partial charge in [-0.25, -0.2) is 0 Å². The van der Waals surface area contributed by atoms with Crippen LogP contribution in [0.3, 0.4) is 0 Å². The highest BCUT2D eigenvalue weighted by molar-refractivity contribution is 7.99. The second kappa shape index (κ2) is 9.14. The Morgan fingerprint density at radius 1 is 1.28 bits per heavy atom. The molecule has 1 saturated carbocycles. The van der Waals surface area contributed by atoms with Crippen LogP contribution in [0.25, 0.3) is 17.1 Å². The second-order valence-corrected chi connectivity index (χ2v) is 9.76. The van der Waals surface area contributed by atoms with Gasteiger partial charge in [0.1, 0.15) is 5.54 Å². The van der Waals surface area contributed by atoms with Crippen molar-refractivity contribution in [2.75, 3.05) is 5.75 Å². The van der Waals surface area contributed by atoms with E-state index in [1.54, 1.807) is 25.1 Å². The maximum absolute atomic E-state index is 12.6. The number of aromatic nitrogens is 3. The number of halogens is 2. The average Bonchev–Trinajstić information content (AvgIpc) is 3.54. The van der Waals surface area contributed by atoms with E-state index in [0.717, 1.165) is 24.1 Å². The minimum Gasteiger partial charge on any atom is -0.337 e. The number of rotatable bonds is 7. The van der Waals surface area contributed by atoms with Crippen LogP contribution in [0.15, 0.2) is 47.6 Å². The molecule has 1 aromatic heterocycles. The molecule has 1 fully saturated rings. The molecule has 4 rings (SSSR count). The summed E-state index contributed by atoms with van der Waals surface area (Å²) >= 11 is 13.8. The number of aryl methyl sites for hydroxylation is 1. The van der Waals surface area contributed by atoms with E-state index in [1.165, 1.54) is 11.8 Å². The topological polar surface area (TPSA) is 83.6 Å². The first-order chi connectivity index (χ1) is 15.3. The predicted molar refractivity (Wildman–Crippen MR) is 127 cm³/mol. The monoisotopic (exact) mass is 485 g/mol. The highest BCUT2D eigenvalue weighted by atomic mass is 35.5.